The van der Waals surface area contributed by atoms with E-state index < -0.39 is 0 Å². The van der Waals surface area contributed by atoms with Crippen LogP contribution in [0.2, 0.25) is 0 Å². The number of nitrogens with zero attached hydrogens (tertiary/aromatic N) is 1. The van der Waals surface area contributed by atoms with Gasteiger partial charge in [0.25, 0.3) is 0 Å². The summed E-state index contributed by atoms with van der Waals surface area (Å²) in [5, 5.41) is 6.25. The van der Waals surface area contributed by atoms with Gasteiger partial charge in [-0.3, -0.25) is 0 Å². The van der Waals surface area contributed by atoms with Gasteiger partial charge in [-0.2, -0.15) is 0 Å². The summed E-state index contributed by atoms with van der Waals surface area (Å²) in [6.45, 7) is 4.75. The van der Waals surface area contributed by atoms with Crippen LogP contribution in [0.15, 0.2) is 0 Å². The predicted molar refractivity (Wildman–Crippen MR) is 10.3 cm³/mol. The molecule has 0 aromatic carbocycles. The third-order valence-corrected chi connectivity index (χ3v) is 0. The summed E-state index contributed by atoms with van der Waals surface area (Å²) in [7, 11) is 0. The summed E-state index contributed by atoms with van der Waals surface area (Å²) >= 11 is 0. The van der Waals surface area contributed by atoms with E-state index in [-0.39, 0.29) is 28.5 Å². The first-order valence-corrected chi connectivity index (χ1v) is 0.224. The first kappa shape index (κ1) is 30.1. The summed E-state index contributed by atoms with van der Waals surface area (Å²) in [5.74, 6) is 0. The van der Waals surface area contributed by atoms with E-state index in [0.717, 1.165) is 0 Å². The van der Waals surface area contributed by atoms with Crippen LogP contribution in [-0.4, -0.2) is 0 Å². The molecule has 4 heavy (non-hydrogen) atoms. The molecule has 0 atom stereocenters. The molecule has 0 saturated carbocycles. The molecular formula is CH2AgN2-2. The van der Waals surface area contributed by atoms with E-state index in [1.165, 1.54) is 0 Å². The minimum Gasteiger partial charge on any atom is -0.693 e. The molecule has 0 saturated heterocycles. The Hall–Kier alpha value is 0.190. The SMILES string of the molecule is [Ag].[C-]#N.[NH2-]. The van der Waals surface area contributed by atoms with Crippen LogP contribution in [0, 0.1) is 11.8 Å². The molecular weight excluding hydrogens is 148 g/mol. The van der Waals surface area contributed by atoms with Crippen molar-refractivity contribution in [3.8, 4) is 0 Å². The van der Waals surface area contributed by atoms with E-state index in [1.54, 1.807) is 0 Å². The second-order valence-electron chi connectivity index (χ2n) is 0. The molecule has 0 amide bonds. The molecule has 0 bridgehead atoms. The fourth-order valence-corrected chi connectivity index (χ4v) is 0. The van der Waals surface area contributed by atoms with E-state index in [0.29, 0.717) is 0 Å². The van der Waals surface area contributed by atoms with Crippen molar-refractivity contribution in [3.63, 3.8) is 0 Å². The zero-order chi connectivity index (χ0) is 2.00. The van der Waals surface area contributed by atoms with Crippen LogP contribution in [0.5, 0.6) is 0 Å². The van der Waals surface area contributed by atoms with E-state index in [9.17, 15) is 0 Å². The number of hydrogen-bond donors (Lipinski definition) is 0. The van der Waals surface area contributed by atoms with Crippen LogP contribution >= 0.6 is 0 Å². The molecule has 0 aromatic heterocycles. The van der Waals surface area contributed by atoms with Crippen LogP contribution in [0.1, 0.15) is 0 Å². The fourth-order valence-electron chi connectivity index (χ4n) is 0. The third-order valence-electron chi connectivity index (χ3n) is 0. The Morgan fingerprint density at radius 2 is 1.25 bits per heavy atom. The van der Waals surface area contributed by atoms with Gasteiger partial charge in [0.15, 0.2) is 0 Å². The minimum absolute atomic E-state index is 0. The molecule has 29 valence electrons. The Balaban J connectivity index is -0.00000000500. The Morgan fingerprint density at radius 1 is 1.25 bits per heavy atom. The number of hydrogen-bond acceptors (Lipinski definition) is 1. The van der Waals surface area contributed by atoms with E-state index in [4.69, 9.17) is 11.8 Å². The fraction of sp³-hybridized carbons (Fsp3) is 0. The predicted octanol–water partition coefficient (Wildman–Crippen LogP) is 0.811. The van der Waals surface area contributed by atoms with Gasteiger partial charge in [-0.1, -0.05) is 0 Å². The maximum Gasteiger partial charge on any atom is 0 e. The second kappa shape index (κ2) is 423. The first-order valence-electron chi connectivity index (χ1n) is 0.224. The summed E-state index contributed by atoms with van der Waals surface area (Å²) in [4.78, 5) is 0. The maximum atomic E-state index is 6.25. The van der Waals surface area contributed by atoms with Gasteiger partial charge < -0.3 is 18.0 Å². The number of nitrogens with two attached hydrogens (primary N) is 1. The average molecular weight is 150 g/mol. The van der Waals surface area contributed by atoms with Crippen molar-refractivity contribution in [2.45, 2.75) is 0 Å². The van der Waals surface area contributed by atoms with Crippen LogP contribution in [0.25, 0.3) is 6.15 Å². The smallest absolute Gasteiger partial charge is 0 e. The topological polar surface area (TPSA) is 57.3 Å². The van der Waals surface area contributed by atoms with Gasteiger partial charge >= 0.3 is 0 Å². The van der Waals surface area contributed by atoms with Crippen molar-refractivity contribution >= 4 is 0 Å². The van der Waals surface area contributed by atoms with Gasteiger partial charge in [0.05, 0.1) is 0 Å². The zero-order valence-electron chi connectivity index (χ0n) is 1.83. The molecule has 2 N–H and O–H groups in total. The van der Waals surface area contributed by atoms with Crippen molar-refractivity contribution in [1.29, 1.82) is 5.26 Å². The molecule has 0 aliphatic carbocycles. The Labute approximate surface area is 40.9 Å². The van der Waals surface area contributed by atoms with Crippen molar-refractivity contribution in [3.05, 3.63) is 12.7 Å². The summed E-state index contributed by atoms with van der Waals surface area (Å²) in [5.41, 5.74) is 0. The van der Waals surface area contributed by atoms with Crippen molar-refractivity contribution in [2.75, 3.05) is 0 Å². The number of rotatable bonds is 0. The van der Waals surface area contributed by atoms with Gasteiger partial charge in [-0.05, 0) is 0 Å². The van der Waals surface area contributed by atoms with E-state index >= 15 is 0 Å². The summed E-state index contributed by atoms with van der Waals surface area (Å²) in [6.07, 6.45) is 0. The Morgan fingerprint density at radius 3 is 1.25 bits per heavy atom. The van der Waals surface area contributed by atoms with Crippen molar-refractivity contribution in [1.82, 2.24) is 0 Å². The van der Waals surface area contributed by atoms with Gasteiger partial charge in [0.1, 0.15) is 0 Å². The summed E-state index contributed by atoms with van der Waals surface area (Å²) in [6, 6.07) is 0. The zero-order valence-corrected chi connectivity index (χ0v) is 3.31. The van der Waals surface area contributed by atoms with Crippen molar-refractivity contribution < 1.29 is 22.4 Å². The van der Waals surface area contributed by atoms with Gasteiger partial charge in [-0.25, -0.2) is 0 Å². The molecule has 0 heterocycles. The van der Waals surface area contributed by atoms with Gasteiger partial charge in [0.2, 0.25) is 0 Å². The van der Waals surface area contributed by atoms with E-state index in [2.05, 4.69) is 0 Å². The molecule has 2 nitrogen and oxygen atoms in total. The summed E-state index contributed by atoms with van der Waals surface area (Å²) < 4.78 is 0. The largest absolute Gasteiger partial charge is 0.693 e. The van der Waals surface area contributed by atoms with Crippen LogP contribution in [-0.2, 0) is 22.4 Å². The molecule has 1 radical (unpaired) electrons. The van der Waals surface area contributed by atoms with E-state index in [1.807, 2.05) is 0 Å². The van der Waals surface area contributed by atoms with Crippen LogP contribution < -0.4 is 0 Å². The third kappa shape index (κ3) is 85.7. The molecule has 0 aliphatic rings. The average Bonchev–Trinajstić information content (AvgIpc) is 1.00. The van der Waals surface area contributed by atoms with Crippen LogP contribution in [0.3, 0.4) is 0 Å². The monoisotopic (exact) mass is 149 g/mol. The Kier molecular flexibility index (Phi) is 3180. The molecule has 0 aromatic rings. The Bertz CT molecular complexity index is 10.8. The van der Waals surface area contributed by atoms with Gasteiger partial charge in [0, 0.05) is 22.4 Å². The first-order chi connectivity index (χ1) is 1.00. The molecule has 3 heteroatoms. The molecule has 0 unspecified atom stereocenters. The molecule has 0 spiro atoms. The normalized spacial score (nSPS) is 0.500. The molecule has 0 aliphatic heterocycles. The van der Waals surface area contributed by atoms with Crippen molar-refractivity contribution in [2.24, 2.45) is 0 Å². The maximum absolute atomic E-state index is 6.25. The second-order valence-corrected chi connectivity index (χ2v) is 0. The standard InChI is InChI=1S/CN.Ag.H2N/c1-2;;/h;;1H2/q-1;;-1. The molecule has 0 rings (SSSR count). The quantitative estimate of drug-likeness (QED) is 0.372. The minimum atomic E-state index is 0. The van der Waals surface area contributed by atoms with Crippen LogP contribution in [0.4, 0.5) is 0 Å². The molecule has 0 fully saturated rings. The van der Waals surface area contributed by atoms with Gasteiger partial charge in [-0.15, -0.1) is 0 Å².